The number of unbranched alkanes of at least 4 members (excludes halogenated alkanes) is 2. The van der Waals surface area contributed by atoms with Crippen molar-refractivity contribution in [3.05, 3.63) is 24.3 Å². The Morgan fingerprint density at radius 2 is 1.74 bits per heavy atom. The topological polar surface area (TPSA) is 101 Å². The molecule has 0 spiro atoms. The molecule has 0 atom stereocenters. The summed E-state index contributed by atoms with van der Waals surface area (Å²) >= 11 is 0. The second-order valence-electron chi connectivity index (χ2n) is 5.16. The summed E-state index contributed by atoms with van der Waals surface area (Å²) in [6.45, 7) is 1.70. The summed E-state index contributed by atoms with van der Waals surface area (Å²) in [4.78, 5) is 27.6. The normalized spacial score (nSPS) is 11.0. The average Bonchev–Trinajstić information content (AvgIpc) is 2.44. The Morgan fingerprint density at radius 3 is 2.22 bits per heavy atom. The quantitative estimate of drug-likeness (QED) is 0.543. The van der Waals surface area contributed by atoms with Crippen molar-refractivity contribution in [2.24, 2.45) is 0 Å². The molecule has 23 heavy (non-hydrogen) atoms. The first-order valence-electron chi connectivity index (χ1n) is 7.18. The zero-order valence-corrected chi connectivity index (χ0v) is 14.0. The number of carboxylic acids is 1. The molecule has 0 aliphatic heterocycles. The van der Waals surface area contributed by atoms with Crippen LogP contribution in [0.15, 0.2) is 29.2 Å². The number of hydrogen-bond acceptors (Lipinski definition) is 5. The van der Waals surface area contributed by atoms with E-state index >= 15 is 0 Å². The van der Waals surface area contributed by atoms with Crippen molar-refractivity contribution in [1.82, 2.24) is 5.06 Å². The van der Waals surface area contributed by atoms with Crippen molar-refractivity contribution in [3.8, 4) is 5.75 Å². The number of carbonyl (C=O) groups excluding carboxylic acids is 1. The van der Waals surface area contributed by atoms with Gasteiger partial charge in [-0.15, -0.1) is 0 Å². The first-order chi connectivity index (χ1) is 10.7. The lowest BCUT2D eigenvalue weighted by molar-refractivity contribution is -0.155. The van der Waals surface area contributed by atoms with Gasteiger partial charge in [0.1, 0.15) is 0 Å². The van der Waals surface area contributed by atoms with Crippen LogP contribution in [-0.4, -0.2) is 43.3 Å². The first-order valence-corrected chi connectivity index (χ1v) is 9.07. The second-order valence-corrected chi connectivity index (χ2v) is 7.18. The van der Waals surface area contributed by atoms with Gasteiger partial charge in [0.2, 0.25) is 0 Å². The van der Waals surface area contributed by atoms with Crippen molar-refractivity contribution >= 4 is 21.7 Å². The Balaban J connectivity index is 2.55. The summed E-state index contributed by atoms with van der Waals surface area (Å²) in [6.07, 6.45) is 3.06. The number of benzene rings is 1. The highest BCUT2D eigenvalue weighted by molar-refractivity contribution is 7.90. The molecular weight excluding hydrogens is 322 g/mol. The average molecular weight is 343 g/mol. The summed E-state index contributed by atoms with van der Waals surface area (Å²) in [5.41, 5.74) is 0. The van der Waals surface area contributed by atoms with Crippen molar-refractivity contribution in [3.63, 3.8) is 0 Å². The van der Waals surface area contributed by atoms with E-state index in [1.165, 1.54) is 36.3 Å². The number of hydrogen-bond donors (Lipinski definition) is 1. The molecule has 1 rings (SSSR count). The molecule has 0 aromatic heterocycles. The van der Waals surface area contributed by atoms with E-state index in [1.807, 2.05) is 0 Å². The highest BCUT2D eigenvalue weighted by Crippen LogP contribution is 2.17. The first kappa shape index (κ1) is 19.0. The maximum atomic E-state index is 11.6. The Morgan fingerprint density at radius 1 is 1.13 bits per heavy atom. The number of sulfone groups is 1. The summed E-state index contributed by atoms with van der Waals surface area (Å²) in [5.74, 6) is -0.760. The third-order valence-corrected chi connectivity index (χ3v) is 4.20. The van der Waals surface area contributed by atoms with Crippen LogP contribution in [0, 0.1) is 0 Å². The van der Waals surface area contributed by atoms with Gasteiger partial charge in [-0.25, -0.2) is 8.42 Å². The second kappa shape index (κ2) is 8.52. The molecule has 0 aliphatic rings. The number of amides is 1. The van der Waals surface area contributed by atoms with Gasteiger partial charge >= 0.3 is 5.97 Å². The van der Waals surface area contributed by atoms with Crippen LogP contribution >= 0.6 is 0 Å². The SMILES string of the molecule is CC(=O)N(CCCCCC(=O)O)Oc1ccc(S(C)(=O)=O)cc1. The lowest BCUT2D eigenvalue weighted by Crippen LogP contribution is -2.33. The van der Waals surface area contributed by atoms with Crippen molar-refractivity contribution in [1.29, 1.82) is 0 Å². The van der Waals surface area contributed by atoms with Crippen LogP contribution in [0.2, 0.25) is 0 Å². The smallest absolute Gasteiger partial charge is 0.303 e. The van der Waals surface area contributed by atoms with Crippen molar-refractivity contribution < 1.29 is 28.0 Å². The van der Waals surface area contributed by atoms with Gasteiger partial charge in [-0.3, -0.25) is 9.59 Å². The van der Waals surface area contributed by atoms with E-state index in [1.54, 1.807) is 0 Å². The van der Waals surface area contributed by atoms with E-state index in [0.717, 1.165) is 6.26 Å². The van der Waals surface area contributed by atoms with Crippen LogP contribution in [0.25, 0.3) is 0 Å². The van der Waals surface area contributed by atoms with E-state index in [4.69, 9.17) is 9.94 Å². The van der Waals surface area contributed by atoms with Crippen LogP contribution in [0.1, 0.15) is 32.6 Å². The summed E-state index contributed by atoms with van der Waals surface area (Å²) in [5, 5.41) is 9.73. The van der Waals surface area contributed by atoms with Crippen LogP contribution in [0.4, 0.5) is 0 Å². The van der Waals surface area contributed by atoms with E-state index in [0.29, 0.717) is 31.6 Å². The number of carbonyl (C=O) groups is 2. The molecule has 0 saturated carbocycles. The van der Waals surface area contributed by atoms with Crippen molar-refractivity contribution in [2.45, 2.75) is 37.5 Å². The molecule has 7 nitrogen and oxygen atoms in total. The highest BCUT2D eigenvalue weighted by atomic mass is 32.2. The third kappa shape index (κ3) is 7.14. The molecule has 8 heteroatoms. The number of carboxylic acid groups (broad SMARTS) is 1. The fourth-order valence-electron chi connectivity index (χ4n) is 1.85. The molecule has 128 valence electrons. The summed E-state index contributed by atoms with van der Waals surface area (Å²) in [6, 6.07) is 5.79. The van der Waals surface area contributed by atoms with E-state index in [9.17, 15) is 18.0 Å². The molecule has 0 radical (unpaired) electrons. The standard InChI is InChI=1S/C15H21NO6S/c1-12(17)16(11-5-3-4-6-15(18)19)22-13-7-9-14(10-8-13)23(2,20)21/h7-10H,3-6,11H2,1-2H3,(H,18,19). The monoisotopic (exact) mass is 343 g/mol. The lowest BCUT2D eigenvalue weighted by Gasteiger charge is -2.21. The molecule has 0 saturated heterocycles. The molecule has 0 unspecified atom stereocenters. The Hall–Kier alpha value is -2.09. The van der Waals surface area contributed by atoms with Gasteiger partial charge in [-0.2, -0.15) is 5.06 Å². The molecule has 0 fully saturated rings. The summed E-state index contributed by atoms with van der Waals surface area (Å²) < 4.78 is 22.8. The molecule has 1 aromatic rings. The van der Waals surface area contributed by atoms with Gasteiger partial charge in [0.15, 0.2) is 15.6 Å². The highest BCUT2D eigenvalue weighted by Gasteiger charge is 2.12. The predicted molar refractivity (Wildman–Crippen MR) is 83.7 cm³/mol. The van der Waals surface area contributed by atoms with E-state index in [-0.39, 0.29) is 17.2 Å². The summed E-state index contributed by atoms with van der Waals surface area (Å²) in [7, 11) is -3.28. The minimum atomic E-state index is -3.28. The minimum Gasteiger partial charge on any atom is -0.481 e. The fraction of sp³-hybridized carbons (Fsp3) is 0.467. The lowest BCUT2D eigenvalue weighted by atomic mass is 10.2. The number of rotatable bonds is 9. The van der Waals surface area contributed by atoms with Crippen LogP contribution < -0.4 is 4.84 Å². The maximum absolute atomic E-state index is 11.6. The number of hydroxylamine groups is 2. The van der Waals surface area contributed by atoms with Gasteiger partial charge in [-0.1, -0.05) is 6.42 Å². The zero-order chi connectivity index (χ0) is 17.5. The van der Waals surface area contributed by atoms with Gasteiger partial charge in [0.25, 0.3) is 5.91 Å². The molecule has 1 aromatic carbocycles. The molecule has 1 amide bonds. The van der Waals surface area contributed by atoms with E-state index in [2.05, 4.69) is 0 Å². The van der Waals surface area contributed by atoms with Gasteiger partial charge in [0.05, 0.1) is 11.4 Å². The predicted octanol–water partition coefficient (Wildman–Crippen LogP) is 1.88. The van der Waals surface area contributed by atoms with Crippen LogP contribution in [-0.2, 0) is 19.4 Å². The van der Waals surface area contributed by atoms with Crippen LogP contribution in [0.5, 0.6) is 5.75 Å². The van der Waals surface area contributed by atoms with Gasteiger partial charge in [-0.05, 0) is 37.1 Å². The Labute approximate surface area is 135 Å². The number of aliphatic carboxylic acids is 1. The molecule has 1 N–H and O–H groups in total. The van der Waals surface area contributed by atoms with Crippen LogP contribution in [0.3, 0.4) is 0 Å². The molecule has 0 aliphatic carbocycles. The van der Waals surface area contributed by atoms with Crippen molar-refractivity contribution in [2.75, 3.05) is 12.8 Å². The Kier molecular flexibility index (Phi) is 7.02. The largest absolute Gasteiger partial charge is 0.481 e. The van der Waals surface area contributed by atoms with Gasteiger partial charge in [0, 0.05) is 19.6 Å². The van der Waals surface area contributed by atoms with E-state index < -0.39 is 15.8 Å². The Bertz CT molecular complexity index is 638. The maximum Gasteiger partial charge on any atom is 0.303 e. The zero-order valence-electron chi connectivity index (χ0n) is 13.2. The molecule has 0 bridgehead atoms. The van der Waals surface area contributed by atoms with Gasteiger partial charge < -0.3 is 9.94 Å². The molecular formula is C15H21NO6S. The third-order valence-electron chi connectivity index (χ3n) is 3.07. The number of nitrogens with zero attached hydrogens (tertiary/aromatic N) is 1. The molecule has 0 heterocycles. The minimum absolute atomic E-state index is 0.105. The fourth-order valence-corrected chi connectivity index (χ4v) is 2.48.